The molecule has 0 bridgehead atoms. The van der Waals surface area contributed by atoms with Crippen molar-refractivity contribution in [1.29, 1.82) is 0 Å². The van der Waals surface area contributed by atoms with Crippen LogP contribution in [0.1, 0.15) is 167 Å². The van der Waals surface area contributed by atoms with Crippen LogP contribution in [0.5, 0.6) is 17.2 Å². The second kappa shape index (κ2) is 41.8. The van der Waals surface area contributed by atoms with Crippen LogP contribution in [-0.2, 0) is 48.2 Å². The molecule has 1 unspecified atom stereocenters. The topological polar surface area (TPSA) is 447 Å². The molecule has 688 valence electrons. The minimum absolute atomic E-state index is 0. The molecule has 0 aliphatic rings. The molecule has 1 amide bonds. The smallest absolute Gasteiger partial charge is 0.333 e. The van der Waals surface area contributed by atoms with Crippen molar-refractivity contribution in [3.05, 3.63) is 205 Å². The van der Waals surface area contributed by atoms with E-state index in [1.54, 1.807) is 41.7 Å². The third-order valence-corrected chi connectivity index (χ3v) is 23.8. The van der Waals surface area contributed by atoms with Gasteiger partial charge in [-0.25, -0.2) is 50.8 Å². The molecule has 3 aromatic carbocycles. The number of carbonyl (C=O) groups is 3. The number of rotatable bonds is 32. The number of likely N-dealkylation sites (N-methyl/N-ethyl adjacent to an activating group) is 1. The van der Waals surface area contributed by atoms with Crippen LogP contribution in [0.3, 0.4) is 0 Å². The largest absolute Gasteiger partial charge is 0.496 e. The average molecular weight is 1830 g/mol. The zero-order valence-electron chi connectivity index (χ0n) is 73.4. The molecule has 6 N–H and O–H groups in total. The number of nitrogens with one attached hydrogen (secondary N) is 1. The molecule has 12 rings (SSSR count). The van der Waals surface area contributed by atoms with E-state index in [2.05, 4.69) is 49.8 Å². The second-order valence-corrected chi connectivity index (χ2v) is 34.9. The number of fused-ring (bicyclic) bond motifs is 3. The highest BCUT2D eigenvalue weighted by Crippen LogP contribution is 2.39. The number of carboxylic acids is 2. The number of carboxylic acid groups (broad SMARTS) is 2. The van der Waals surface area contributed by atoms with Crippen LogP contribution in [0.15, 0.2) is 121 Å². The normalized spacial score (nSPS) is 13.2. The van der Waals surface area contributed by atoms with Gasteiger partial charge in [-0.3, -0.25) is 32.9 Å². The lowest BCUT2D eigenvalue weighted by atomic mass is 10.1. The number of hydrogen-bond acceptors (Lipinski definition) is 28. The van der Waals surface area contributed by atoms with Crippen molar-refractivity contribution in [2.75, 3.05) is 55.2 Å². The van der Waals surface area contributed by atoms with Gasteiger partial charge >= 0.3 is 29.0 Å². The van der Waals surface area contributed by atoms with E-state index in [0.29, 0.717) is 63.0 Å². The Morgan fingerprint density at radius 1 is 0.457 bits per heavy atom. The van der Waals surface area contributed by atoms with Gasteiger partial charge in [0.25, 0.3) is 16.7 Å². The van der Waals surface area contributed by atoms with E-state index in [9.17, 15) is 81.9 Å². The number of hydrogen-bond donors (Lipinski definition) is 6. The van der Waals surface area contributed by atoms with Gasteiger partial charge in [-0.2, -0.15) is 30.6 Å². The molecule has 37 nitrogen and oxygen atoms in total. The minimum atomic E-state index is -1.48. The van der Waals surface area contributed by atoms with E-state index >= 15 is 0 Å². The number of nitrogens with zero attached hydrogens (tertiary/aromatic N) is 16. The lowest BCUT2D eigenvalue weighted by Crippen LogP contribution is -2.48. The van der Waals surface area contributed by atoms with Gasteiger partial charge in [-0.15, -0.1) is 14.4 Å². The Balaban J connectivity index is 0.000000229. The first-order valence-corrected chi connectivity index (χ1v) is 41.9. The SMILES string of the molecule is C.CNC(C)C.COc1ccc(F)cc1[C@H](Cn1c(=O)n(C(C)C(=O)O)c(=O)c2c(C)c(-n3nccn3)sc21)OCC(C)(C)O.COc1ccc(F)cc1[C@H](Cn1c(=O)n([C@H](C)C(=O)N(C)C(C)C)c(=O)c2c(C)c(-n3nccn3)sc21)OCC(C)(C)O.COc1ccc(F)cc1[C@H](Cn1c(=O)n([C@H](C)C(=O)O)c(=O)c2c(C)c(-n3nccn3)sc21)OCC(C)(C)O. The Morgan fingerprint density at radius 2 is 0.701 bits per heavy atom. The first-order chi connectivity index (χ1) is 59.1. The van der Waals surface area contributed by atoms with Gasteiger partial charge in [-0.05, 0) is 159 Å². The second-order valence-electron chi connectivity index (χ2n) is 32.0. The van der Waals surface area contributed by atoms with Crippen molar-refractivity contribution in [2.45, 2.75) is 203 Å². The summed E-state index contributed by atoms with van der Waals surface area (Å²) in [5.41, 5.74) is -6.25. The zero-order chi connectivity index (χ0) is 93.4. The summed E-state index contributed by atoms with van der Waals surface area (Å²) in [4.78, 5) is 126. The van der Waals surface area contributed by atoms with Gasteiger partial charge in [0.2, 0.25) is 5.91 Å². The van der Waals surface area contributed by atoms with E-state index in [0.717, 1.165) is 38.6 Å². The van der Waals surface area contributed by atoms with Gasteiger partial charge in [0.1, 0.15) is 101 Å². The predicted octanol–water partition coefficient (Wildman–Crippen LogP) is 9.34. The molecule has 43 heteroatoms. The van der Waals surface area contributed by atoms with Crippen molar-refractivity contribution >= 4 is 82.5 Å². The summed E-state index contributed by atoms with van der Waals surface area (Å²) in [6.45, 7) is 24.9. The van der Waals surface area contributed by atoms with E-state index in [1.807, 2.05) is 20.9 Å². The fourth-order valence-corrected chi connectivity index (χ4v) is 16.6. The molecule has 9 aromatic heterocycles. The summed E-state index contributed by atoms with van der Waals surface area (Å²) in [6.07, 6.45) is 5.74. The summed E-state index contributed by atoms with van der Waals surface area (Å²) in [7, 11) is 7.78. The minimum Gasteiger partial charge on any atom is -0.496 e. The molecule has 0 saturated heterocycles. The van der Waals surface area contributed by atoms with E-state index in [4.69, 9.17) is 28.4 Å². The number of aromatic nitrogens is 15. The first kappa shape index (κ1) is 101. The molecule has 12 aromatic rings. The fourth-order valence-electron chi connectivity index (χ4n) is 13.0. The number of ether oxygens (including phenoxy) is 6. The summed E-state index contributed by atoms with van der Waals surface area (Å²) in [5.74, 6) is -4.01. The van der Waals surface area contributed by atoms with Crippen molar-refractivity contribution in [2.24, 2.45) is 0 Å². The fraction of sp³-hybridized carbons (Fsp3) is 0.464. The number of methoxy groups -OCH3 is 3. The summed E-state index contributed by atoms with van der Waals surface area (Å²) in [6, 6.07) is 7.94. The van der Waals surface area contributed by atoms with Crippen LogP contribution in [0.25, 0.3) is 45.7 Å². The van der Waals surface area contributed by atoms with Crippen molar-refractivity contribution in [1.82, 2.24) is 82.6 Å². The number of aliphatic carboxylic acids is 2. The molecule has 0 saturated carbocycles. The highest BCUT2D eigenvalue weighted by Gasteiger charge is 2.36. The number of aryl methyl sites for hydroxylation is 3. The maximum absolute atomic E-state index is 14.5. The number of halogens is 3. The van der Waals surface area contributed by atoms with Crippen LogP contribution >= 0.6 is 34.0 Å². The number of aliphatic hydroxyl groups is 3. The zero-order valence-corrected chi connectivity index (χ0v) is 75.8. The van der Waals surface area contributed by atoms with Crippen molar-refractivity contribution in [3.8, 4) is 32.3 Å². The van der Waals surface area contributed by atoms with Crippen LogP contribution < -0.4 is 53.3 Å². The molecule has 6 atom stereocenters. The van der Waals surface area contributed by atoms with Crippen LogP contribution in [0.4, 0.5) is 13.2 Å². The first-order valence-electron chi connectivity index (χ1n) is 39.5. The maximum Gasteiger partial charge on any atom is 0.333 e. The molecule has 0 radical (unpaired) electrons. The van der Waals surface area contributed by atoms with Crippen LogP contribution in [-0.4, -0.2) is 205 Å². The Bertz CT molecular complexity index is 6030. The van der Waals surface area contributed by atoms with Gasteiger partial charge in [-0.1, -0.05) is 55.3 Å². The monoisotopic (exact) mass is 1830 g/mol. The molecule has 0 fully saturated rings. The highest BCUT2D eigenvalue weighted by atomic mass is 32.1. The lowest BCUT2D eigenvalue weighted by molar-refractivity contribution is -0.141. The summed E-state index contributed by atoms with van der Waals surface area (Å²) < 4.78 is 83.7. The van der Waals surface area contributed by atoms with Gasteiger partial charge in [0.15, 0.2) is 0 Å². The standard InChI is InChI=1S/C29H37FN6O6S.2C25H28FN5O7S.C4H11N.CH4/c1-16(2)33(7)24(37)18(4)35-25(38)23-17(3)26(36-31-11-12-32-36)43-27(23)34(28(35)39)14-22(42-15-29(5,6)40)20-13-19(30)9-10-21(20)41-8;2*1-13-19-20(32)30(14(2)23(33)34)24(35)29(22(19)39-21(13)31-27-8-9-28-31)11-18(38-12-25(3,4)36)16-10-15(26)6-7-17(16)37-5;1-4(2)5-3;/h9-13,16,18,22,40H,14-15H2,1-8H3;2*6-10,14,18,36H,11-12H2,1-5H3,(H,33,34);4-5H,1-3H3;1H4/t18-,22+;14?,18-;14-,18+;;/m101../s1. The quantitative estimate of drug-likeness (QED) is 0.0228. The van der Waals surface area contributed by atoms with Gasteiger partial charge in [0.05, 0.1) is 131 Å². The van der Waals surface area contributed by atoms with E-state index in [1.165, 1.54) is 195 Å². The Hall–Kier alpha value is -11.7. The molecular weight excluding hydrogens is 1720 g/mol. The number of carbonyl (C=O) groups excluding carboxylic acids is 1. The summed E-state index contributed by atoms with van der Waals surface area (Å²) in [5, 5.41) is 80.2. The molecule has 0 aliphatic heterocycles. The Morgan fingerprint density at radius 3 is 0.913 bits per heavy atom. The summed E-state index contributed by atoms with van der Waals surface area (Å²) >= 11 is 3.27. The van der Waals surface area contributed by atoms with Crippen molar-refractivity contribution in [3.63, 3.8) is 0 Å². The number of amides is 1. The molecular formula is C84H108F3N17O20S3. The third kappa shape index (κ3) is 23.0. The molecule has 0 spiro atoms. The van der Waals surface area contributed by atoms with Gasteiger partial charge in [0, 0.05) is 52.5 Å². The van der Waals surface area contributed by atoms with E-state index in [-0.39, 0.29) is 101 Å². The number of thiophene rings is 3. The average Bonchev–Trinajstić information content (AvgIpc) is 1.60. The number of benzene rings is 3. The van der Waals surface area contributed by atoms with Crippen molar-refractivity contribution < 1.29 is 81.5 Å². The van der Waals surface area contributed by atoms with Crippen LogP contribution in [0, 0.1) is 38.2 Å². The lowest BCUT2D eigenvalue weighted by Gasteiger charge is -2.27. The predicted molar refractivity (Wildman–Crippen MR) is 472 cm³/mol. The molecule has 127 heavy (non-hydrogen) atoms. The van der Waals surface area contributed by atoms with Gasteiger partial charge < -0.3 is 64.2 Å². The third-order valence-electron chi connectivity index (χ3n) is 20.0. The Labute approximate surface area is 738 Å². The highest BCUT2D eigenvalue weighted by molar-refractivity contribution is 7.22. The molecule has 0 aliphatic carbocycles. The molecule has 9 heterocycles. The van der Waals surface area contributed by atoms with Crippen LogP contribution in [0.2, 0.25) is 0 Å². The van der Waals surface area contributed by atoms with E-state index < -0.39 is 122 Å². The maximum atomic E-state index is 14.5. The Kier molecular flexibility index (Phi) is 33.2.